The molecule has 16 nitrogen and oxygen atoms in total. The van der Waals surface area contributed by atoms with Gasteiger partial charge >= 0.3 is 19.8 Å². The van der Waals surface area contributed by atoms with Gasteiger partial charge in [0, 0.05) is 12.7 Å². The number of nitrogens with two attached hydrogens (primary N) is 1. The van der Waals surface area contributed by atoms with E-state index >= 15 is 4.39 Å². The maximum Gasteiger partial charge on any atom is 0.459 e. The minimum absolute atomic E-state index is 0.109. The van der Waals surface area contributed by atoms with Crippen molar-refractivity contribution in [2.75, 3.05) is 30.0 Å². The van der Waals surface area contributed by atoms with Crippen molar-refractivity contribution in [1.82, 2.24) is 24.6 Å². The van der Waals surface area contributed by atoms with Gasteiger partial charge in [0.2, 0.25) is 5.95 Å². The number of benzene rings is 2. The van der Waals surface area contributed by atoms with Crippen LogP contribution in [0.3, 0.4) is 0 Å². The van der Waals surface area contributed by atoms with Crippen LogP contribution in [0, 0.1) is 0 Å². The number of amides is 1. The third-order valence-electron chi connectivity index (χ3n) is 7.30. The Morgan fingerprint density at radius 1 is 1.10 bits per heavy atom. The van der Waals surface area contributed by atoms with Crippen molar-refractivity contribution in [2.45, 2.75) is 63.9 Å². The summed E-state index contributed by atoms with van der Waals surface area (Å²) >= 11 is 0. The molecule has 3 heterocycles. The van der Waals surface area contributed by atoms with Crippen LogP contribution in [-0.2, 0) is 28.1 Å². The lowest BCUT2D eigenvalue weighted by Gasteiger charge is -2.28. The number of fused-ring (bicyclic) bond motifs is 1. The molecule has 262 valence electrons. The highest BCUT2D eigenvalue weighted by Gasteiger charge is 2.59. The molecule has 0 spiro atoms. The van der Waals surface area contributed by atoms with Gasteiger partial charge in [0.05, 0.1) is 19.0 Å². The standard InChI is InChI=1S/C31H38FN8O8P/c1-18(2)45-27(41)19(3)39-49(43,48-21-14-10-7-11-15-21)44-16-22-24(47-30(42)36-20-12-8-6-9-13-20)31(4,32)28(46-22)40-17-35-23-25(34-5)37-29(33)38-26(23)40/h6-15,17-19,22,24,28H,16H2,1-5H3,(H,36,42)(H,39,43)(H3,33,34,37,38)/t19-,22+,24+,28+,31+,49?/m0/s1. The van der Waals surface area contributed by atoms with Crippen molar-refractivity contribution in [3.63, 3.8) is 0 Å². The van der Waals surface area contributed by atoms with Crippen LogP contribution in [0.1, 0.15) is 33.9 Å². The average Bonchev–Trinajstić information content (AvgIpc) is 3.57. The summed E-state index contributed by atoms with van der Waals surface area (Å²) in [7, 11) is -2.80. The number of imidazole rings is 1. The number of carbonyl (C=O) groups excluding carboxylic acids is 2. The van der Waals surface area contributed by atoms with Gasteiger partial charge in [-0.15, -0.1) is 0 Å². The number of anilines is 3. The van der Waals surface area contributed by atoms with Crippen LogP contribution >= 0.6 is 7.75 Å². The Labute approximate surface area is 281 Å². The number of nitrogens with zero attached hydrogens (tertiary/aromatic N) is 4. The van der Waals surface area contributed by atoms with E-state index in [1.807, 2.05) is 0 Å². The molecule has 1 aliphatic heterocycles. The maximum absolute atomic E-state index is 17.1. The van der Waals surface area contributed by atoms with E-state index < -0.39 is 62.7 Å². The lowest BCUT2D eigenvalue weighted by Crippen LogP contribution is -2.45. The van der Waals surface area contributed by atoms with Crippen LogP contribution in [0.2, 0.25) is 0 Å². The maximum atomic E-state index is 17.1. The minimum Gasteiger partial charge on any atom is -0.462 e. The largest absolute Gasteiger partial charge is 0.462 e. The van der Waals surface area contributed by atoms with Gasteiger partial charge in [-0.05, 0) is 52.0 Å². The predicted octanol–water partition coefficient (Wildman–Crippen LogP) is 4.83. The highest BCUT2D eigenvalue weighted by molar-refractivity contribution is 7.52. The summed E-state index contributed by atoms with van der Waals surface area (Å²) in [6.45, 7) is 5.30. The first kappa shape index (κ1) is 35.5. The van der Waals surface area contributed by atoms with Gasteiger partial charge in [-0.1, -0.05) is 36.4 Å². The molecular weight excluding hydrogens is 662 g/mol. The third-order valence-corrected chi connectivity index (χ3v) is 8.94. The molecule has 5 N–H and O–H groups in total. The quantitative estimate of drug-likeness (QED) is 0.109. The first-order valence-electron chi connectivity index (χ1n) is 15.3. The number of rotatable bonds is 13. The fourth-order valence-corrected chi connectivity index (χ4v) is 6.60. The Balaban J connectivity index is 1.46. The Morgan fingerprint density at radius 2 is 1.78 bits per heavy atom. The van der Waals surface area contributed by atoms with Gasteiger partial charge < -0.3 is 29.8 Å². The number of halogens is 1. The lowest BCUT2D eigenvalue weighted by atomic mass is 9.98. The molecule has 49 heavy (non-hydrogen) atoms. The van der Waals surface area contributed by atoms with Gasteiger partial charge in [-0.25, -0.2) is 18.7 Å². The molecule has 1 saturated heterocycles. The van der Waals surface area contributed by atoms with E-state index in [0.717, 1.165) is 0 Å². The summed E-state index contributed by atoms with van der Waals surface area (Å²) in [6, 6.07) is 15.4. The Bertz CT molecular complexity index is 1810. The molecule has 5 rings (SSSR count). The second kappa shape index (κ2) is 14.7. The molecule has 0 saturated carbocycles. The second-order valence-corrected chi connectivity index (χ2v) is 13.2. The van der Waals surface area contributed by atoms with Crippen molar-refractivity contribution < 1.29 is 41.8 Å². The van der Waals surface area contributed by atoms with Crippen molar-refractivity contribution in [3.05, 3.63) is 67.0 Å². The Hall–Kier alpha value is -4.83. The molecule has 6 atom stereocenters. The average molecular weight is 701 g/mol. The Morgan fingerprint density at radius 3 is 2.43 bits per heavy atom. The van der Waals surface area contributed by atoms with E-state index in [1.165, 1.54) is 36.9 Å². The molecule has 0 bridgehead atoms. The molecule has 1 amide bonds. The van der Waals surface area contributed by atoms with Crippen molar-refractivity contribution >= 4 is 48.4 Å². The molecule has 1 fully saturated rings. The Kier molecular flexibility index (Phi) is 10.7. The number of aromatic nitrogens is 4. The summed E-state index contributed by atoms with van der Waals surface area (Å²) in [5.74, 6) is -0.370. The molecule has 18 heteroatoms. The van der Waals surface area contributed by atoms with E-state index in [4.69, 9.17) is 29.0 Å². The van der Waals surface area contributed by atoms with Crippen molar-refractivity contribution in [1.29, 1.82) is 0 Å². The van der Waals surface area contributed by atoms with Crippen LogP contribution in [-0.4, -0.2) is 75.3 Å². The van der Waals surface area contributed by atoms with E-state index in [9.17, 15) is 14.2 Å². The molecule has 2 aromatic carbocycles. The zero-order valence-electron chi connectivity index (χ0n) is 27.4. The summed E-state index contributed by atoms with van der Waals surface area (Å²) in [4.78, 5) is 38.4. The molecule has 2 aromatic heterocycles. The molecular formula is C31H38FN8O8P. The number of ether oxygens (including phenoxy) is 3. The first-order chi connectivity index (χ1) is 23.3. The topological polar surface area (TPSA) is 203 Å². The van der Waals surface area contributed by atoms with Gasteiger partial charge in [0.15, 0.2) is 35.0 Å². The SMILES string of the molecule is CNc1nc(N)nc2c1ncn2[C@@H]1O[C@H](COP(=O)(N[C@@H](C)C(=O)OC(C)C)Oc2ccccc2)[C@@H](OC(=O)Nc2ccccc2)[C@@]1(C)F. The predicted molar refractivity (Wildman–Crippen MR) is 177 cm³/mol. The van der Waals surface area contributed by atoms with E-state index in [2.05, 4.69) is 30.7 Å². The minimum atomic E-state index is -4.41. The highest BCUT2D eigenvalue weighted by atomic mass is 31.2. The summed E-state index contributed by atoms with van der Waals surface area (Å²) in [5.41, 5.74) is 4.27. The van der Waals surface area contributed by atoms with Crippen LogP contribution < -0.4 is 26.0 Å². The monoisotopic (exact) mass is 700 g/mol. The van der Waals surface area contributed by atoms with Crippen LogP contribution in [0.25, 0.3) is 11.2 Å². The van der Waals surface area contributed by atoms with Gasteiger partial charge in [0.1, 0.15) is 17.9 Å². The lowest BCUT2D eigenvalue weighted by molar-refractivity contribution is -0.149. The van der Waals surface area contributed by atoms with Crippen molar-refractivity contribution in [3.8, 4) is 5.75 Å². The van der Waals surface area contributed by atoms with E-state index in [-0.39, 0.29) is 22.9 Å². The highest BCUT2D eigenvalue weighted by Crippen LogP contribution is 2.49. The fraction of sp³-hybridized carbons (Fsp3) is 0.387. The first-order valence-corrected chi connectivity index (χ1v) is 16.9. The molecule has 0 aliphatic carbocycles. The number of nitrogen functional groups attached to an aromatic ring is 1. The van der Waals surface area contributed by atoms with Gasteiger partial charge in [0.25, 0.3) is 0 Å². The number of hydrogen-bond donors (Lipinski definition) is 4. The van der Waals surface area contributed by atoms with Crippen LogP contribution in [0.15, 0.2) is 67.0 Å². The van der Waals surface area contributed by atoms with Crippen LogP contribution in [0.4, 0.5) is 26.6 Å². The summed E-state index contributed by atoms with van der Waals surface area (Å²) < 4.78 is 61.1. The number of carbonyl (C=O) groups is 2. The number of nitrogens with one attached hydrogen (secondary N) is 3. The van der Waals surface area contributed by atoms with E-state index in [0.29, 0.717) is 11.5 Å². The summed E-state index contributed by atoms with van der Waals surface area (Å²) in [6.07, 6.45) is -4.66. The molecule has 4 aromatic rings. The second-order valence-electron chi connectivity index (χ2n) is 11.5. The number of alkyl halides is 1. The normalized spacial score (nSPS) is 22.3. The van der Waals surface area contributed by atoms with Gasteiger partial charge in [-0.3, -0.25) is 19.2 Å². The number of esters is 1. The smallest absolute Gasteiger partial charge is 0.459 e. The van der Waals surface area contributed by atoms with Gasteiger partial charge in [-0.2, -0.15) is 15.1 Å². The summed E-state index contributed by atoms with van der Waals surface area (Å²) in [5, 5.41) is 8.00. The number of para-hydroxylation sites is 2. The van der Waals surface area contributed by atoms with Crippen LogP contribution in [0.5, 0.6) is 5.75 Å². The number of hydrogen-bond acceptors (Lipinski definition) is 13. The van der Waals surface area contributed by atoms with Crippen molar-refractivity contribution in [2.24, 2.45) is 0 Å². The third kappa shape index (κ3) is 8.25. The zero-order chi connectivity index (χ0) is 35.3. The van der Waals surface area contributed by atoms with E-state index in [1.54, 1.807) is 69.4 Å². The molecule has 1 unspecified atom stereocenters. The molecule has 1 aliphatic rings. The fourth-order valence-electron chi connectivity index (χ4n) is 5.10. The zero-order valence-corrected chi connectivity index (χ0v) is 28.3. The molecule has 0 radical (unpaired) electrons.